The molecule has 31 heavy (non-hydrogen) atoms. The van der Waals surface area contributed by atoms with E-state index >= 15 is 4.39 Å². The van der Waals surface area contributed by atoms with Crippen molar-refractivity contribution in [1.82, 2.24) is 14.9 Å². The lowest BCUT2D eigenvalue weighted by atomic mass is 9.97. The van der Waals surface area contributed by atoms with Gasteiger partial charge in [-0.3, -0.25) is 9.59 Å². The Morgan fingerprint density at radius 3 is 2.65 bits per heavy atom. The van der Waals surface area contributed by atoms with Gasteiger partial charge in [0.05, 0.1) is 24.4 Å². The van der Waals surface area contributed by atoms with Gasteiger partial charge in [-0.25, -0.2) is 14.2 Å². The third kappa shape index (κ3) is 4.36. The SMILES string of the molecule is CCOC(=O)c1c[nH]c2c(CC)c(-c3csc(CN(CC)C(C)=O)n3)c(F)cc2c1=O. The molecule has 1 N–H and O–H groups in total. The van der Waals surface area contributed by atoms with Crippen LogP contribution in [0.4, 0.5) is 4.39 Å². The minimum atomic E-state index is -0.747. The van der Waals surface area contributed by atoms with Crippen LogP contribution in [-0.4, -0.2) is 39.9 Å². The van der Waals surface area contributed by atoms with Crippen molar-refractivity contribution in [1.29, 1.82) is 0 Å². The number of ether oxygens (including phenoxy) is 1. The fourth-order valence-electron chi connectivity index (χ4n) is 3.50. The monoisotopic (exact) mass is 445 g/mol. The second-order valence-electron chi connectivity index (χ2n) is 6.90. The number of esters is 1. The summed E-state index contributed by atoms with van der Waals surface area (Å²) in [5, 5.41) is 2.53. The molecule has 0 saturated heterocycles. The maximum atomic E-state index is 15.2. The summed E-state index contributed by atoms with van der Waals surface area (Å²) >= 11 is 1.35. The molecule has 0 bridgehead atoms. The Morgan fingerprint density at radius 2 is 2.03 bits per heavy atom. The lowest BCUT2D eigenvalue weighted by Crippen LogP contribution is -2.27. The molecular formula is C22H24FN3O4S. The third-order valence-electron chi connectivity index (χ3n) is 5.04. The number of aromatic nitrogens is 2. The van der Waals surface area contributed by atoms with Crippen LogP contribution < -0.4 is 5.43 Å². The first-order valence-electron chi connectivity index (χ1n) is 10.1. The molecule has 164 valence electrons. The molecule has 9 heteroatoms. The van der Waals surface area contributed by atoms with E-state index in [0.717, 1.165) is 6.07 Å². The number of rotatable bonds is 7. The van der Waals surface area contributed by atoms with E-state index in [-0.39, 0.29) is 23.5 Å². The van der Waals surface area contributed by atoms with E-state index in [0.29, 0.717) is 46.9 Å². The van der Waals surface area contributed by atoms with Gasteiger partial charge < -0.3 is 14.6 Å². The highest BCUT2D eigenvalue weighted by Gasteiger charge is 2.22. The van der Waals surface area contributed by atoms with Crippen LogP contribution in [-0.2, 0) is 22.5 Å². The molecular weight excluding hydrogens is 421 g/mol. The Kier molecular flexibility index (Phi) is 6.84. The molecule has 3 rings (SSSR count). The van der Waals surface area contributed by atoms with Gasteiger partial charge in [-0.1, -0.05) is 6.92 Å². The predicted molar refractivity (Wildman–Crippen MR) is 118 cm³/mol. The summed E-state index contributed by atoms with van der Waals surface area (Å²) in [4.78, 5) is 45.7. The lowest BCUT2D eigenvalue weighted by Gasteiger charge is -2.16. The molecule has 0 aliphatic rings. The molecule has 1 aromatic carbocycles. The number of benzene rings is 1. The summed E-state index contributed by atoms with van der Waals surface area (Å²) in [6.07, 6.45) is 1.75. The zero-order chi connectivity index (χ0) is 22.7. The van der Waals surface area contributed by atoms with Gasteiger partial charge in [-0.15, -0.1) is 11.3 Å². The average molecular weight is 446 g/mol. The number of nitrogens with zero attached hydrogens (tertiary/aromatic N) is 2. The van der Waals surface area contributed by atoms with Crippen molar-refractivity contribution in [2.45, 2.75) is 40.7 Å². The Bertz CT molecular complexity index is 1200. The third-order valence-corrected chi connectivity index (χ3v) is 5.88. The van der Waals surface area contributed by atoms with Crippen molar-refractivity contribution in [3.8, 4) is 11.3 Å². The number of pyridine rings is 1. The normalized spacial score (nSPS) is 11.0. The number of fused-ring (bicyclic) bond motifs is 1. The van der Waals surface area contributed by atoms with Crippen LogP contribution in [0.3, 0.4) is 0 Å². The van der Waals surface area contributed by atoms with Crippen LogP contribution >= 0.6 is 11.3 Å². The standard InChI is InChI=1S/C22H24FN3O4S/c1-5-13-19(17-11-31-18(25-17)10-26(6-2)12(4)27)16(23)8-14-20(13)24-9-15(21(14)28)22(29)30-7-3/h8-9,11H,5-7,10H2,1-4H3,(H,24,28). The molecule has 0 unspecified atom stereocenters. The summed E-state index contributed by atoms with van der Waals surface area (Å²) in [6, 6.07) is 1.14. The van der Waals surface area contributed by atoms with E-state index in [2.05, 4.69) is 9.97 Å². The van der Waals surface area contributed by atoms with Crippen molar-refractivity contribution in [2.24, 2.45) is 0 Å². The van der Waals surface area contributed by atoms with Gasteiger partial charge in [0.25, 0.3) is 0 Å². The number of H-pyrrole nitrogens is 1. The topological polar surface area (TPSA) is 92.4 Å². The van der Waals surface area contributed by atoms with E-state index < -0.39 is 17.2 Å². The number of carbonyl (C=O) groups is 2. The van der Waals surface area contributed by atoms with E-state index in [4.69, 9.17) is 4.74 Å². The first kappa shape index (κ1) is 22.6. The first-order valence-corrected chi connectivity index (χ1v) is 10.9. The number of hydrogen-bond donors (Lipinski definition) is 1. The van der Waals surface area contributed by atoms with Crippen LogP contribution in [0.1, 0.15) is 48.6 Å². The summed E-state index contributed by atoms with van der Waals surface area (Å²) < 4.78 is 20.1. The van der Waals surface area contributed by atoms with Gasteiger partial charge >= 0.3 is 5.97 Å². The van der Waals surface area contributed by atoms with Crippen molar-refractivity contribution in [3.05, 3.63) is 49.8 Å². The molecule has 0 fully saturated rings. The van der Waals surface area contributed by atoms with Gasteiger partial charge in [0.1, 0.15) is 16.4 Å². The van der Waals surface area contributed by atoms with Crippen molar-refractivity contribution in [3.63, 3.8) is 0 Å². The van der Waals surface area contributed by atoms with Gasteiger partial charge in [-0.2, -0.15) is 0 Å². The molecule has 0 radical (unpaired) electrons. The molecule has 1 amide bonds. The Balaban J connectivity index is 2.11. The van der Waals surface area contributed by atoms with Crippen LogP contribution in [0.25, 0.3) is 22.2 Å². The van der Waals surface area contributed by atoms with E-state index in [1.165, 1.54) is 24.5 Å². The fraction of sp³-hybridized carbons (Fsp3) is 0.364. The van der Waals surface area contributed by atoms with Gasteiger partial charge in [0.2, 0.25) is 11.3 Å². The van der Waals surface area contributed by atoms with Crippen molar-refractivity contribution < 1.29 is 18.7 Å². The minimum Gasteiger partial charge on any atom is -0.462 e. The number of aromatic amines is 1. The second-order valence-corrected chi connectivity index (χ2v) is 7.84. The van der Waals surface area contributed by atoms with Crippen LogP contribution in [0.5, 0.6) is 0 Å². The first-order chi connectivity index (χ1) is 14.8. The smallest absolute Gasteiger partial charge is 0.343 e. The summed E-state index contributed by atoms with van der Waals surface area (Å²) in [5.74, 6) is -1.39. The zero-order valence-electron chi connectivity index (χ0n) is 17.9. The maximum Gasteiger partial charge on any atom is 0.343 e. The quantitative estimate of drug-likeness (QED) is 0.557. The molecule has 0 saturated carbocycles. The molecule has 2 aromatic heterocycles. The summed E-state index contributed by atoms with van der Waals surface area (Å²) in [5.41, 5.74) is 1.08. The summed E-state index contributed by atoms with van der Waals surface area (Å²) in [7, 11) is 0. The summed E-state index contributed by atoms with van der Waals surface area (Å²) in [6.45, 7) is 7.93. The predicted octanol–water partition coefficient (Wildman–Crippen LogP) is 3.90. The Hall–Kier alpha value is -3.07. The maximum absolute atomic E-state index is 15.2. The molecule has 0 aliphatic carbocycles. The number of halogens is 1. The number of amides is 1. The highest BCUT2D eigenvalue weighted by atomic mass is 32.1. The Labute approximate surface area is 182 Å². The second kappa shape index (κ2) is 9.38. The molecule has 0 spiro atoms. The number of thiazole rings is 1. The van der Waals surface area contributed by atoms with Crippen molar-refractivity contribution in [2.75, 3.05) is 13.2 Å². The van der Waals surface area contributed by atoms with E-state index in [1.54, 1.807) is 17.2 Å². The van der Waals surface area contributed by atoms with Crippen LogP contribution in [0.15, 0.2) is 22.4 Å². The van der Waals surface area contributed by atoms with Crippen LogP contribution in [0, 0.1) is 5.82 Å². The molecule has 2 heterocycles. The molecule has 0 atom stereocenters. The van der Waals surface area contributed by atoms with Gasteiger partial charge in [-0.05, 0) is 31.9 Å². The number of aryl methyl sites for hydroxylation is 1. The largest absolute Gasteiger partial charge is 0.462 e. The van der Waals surface area contributed by atoms with Crippen LogP contribution in [0.2, 0.25) is 0 Å². The number of carbonyl (C=O) groups excluding carboxylic acids is 2. The van der Waals surface area contributed by atoms with Gasteiger partial charge in [0.15, 0.2) is 0 Å². The number of hydrogen-bond acceptors (Lipinski definition) is 6. The number of nitrogens with one attached hydrogen (secondary N) is 1. The lowest BCUT2D eigenvalue weighted by molar-refractivity contribution is -0.129. The fourth-order valence-corrected chi connectivity index (χ4v) is 4.30. The Morgan fingerprint density at radius 1 is 1.29 bits per heavy atom. The van der Waals surface area contributed by atoms with Gasteiger partial charge in [0, 0.05) is 36.0 Å². The highest BCUT2D eigenvalue weighted by molar-refractivity contribution is 7.09. The van der Waals surface area contributed by atoms with E-state index in [1.807, 2.05) is 13.8 Å². The highest BCUT2D eigenvalue weighted by Crippen LogP contribution is 2.33. The molecule has 3 aromatic rings. The zero-order valence-corrected chi connectivity index (χ0v) is 18.7. The minimum absolute atomic E-state index is 0.0552. The molecule has 0 aliphatic heterocycles. The molecule has 7 nitrogen and oxygen atoms in total. The van der Waals surface area contributed by atoms with E-state index in [9.17, 15) is 14.4 Å². The van der Waals surface area contributed by atoms with Crippen molar-refractivity contribution >= 4 is 34.1 Å². The average Bonchev–Trinajstić information content (AvgIpc) is 3.19.